The molecular formula is C16H22N4. The minimum absolute atomic E-state index is 0.500. The molecule has 1 aromatic heterocycles. The second-order valence-electron chi connectivity index (χ2n) is 5.83. The van der Waals surface area contributed by atoms with E-state index in [-0.39, 0.29) is 0 Å². The second kappa shape index (κ2) is 5.29. The van der Waals surface area contributed by atoms with Crippen LogP contribution in [0, 0.1) is 6.92 Å². The predicted octanol–water partition coefficient (Wildman–Crippen LogP) is 2.63. The lowest BCUT2D eigenvalue weighted by Crippen LogP contribution is -2.39. The Balaban J connectivity index is 1.95. The third-order valence-electron chi connectivity index (χ3n) is 3.94. The highest BCUT2D eigenvalue weighted by molar-refractivity contribution is 5.93. The number of aryl methyl sites for hydroxylation is 1. The molecule has 1 unspecified atom stereocenters. The summed E-state index contributed by atoms with van der Waals surface area (Å²) in [6.07, 6.45) is 2.47. The zero-order valence-electron chi connectivity index (χ0n) is 12.2. The van der Waals surface area contributed by atoms with Crippen molar-refractivity contribution in [1.82, 2.24) is 9.88 Å². The number of piperidine rings is 1. The number of nitrogen functional groups attached to an aromatic ring is 1. The van der Waals surface area contributed by atoms with Gasteiger partial charge in [0.2, 0.25) is 0 Å². The zero-order valence-corrected chi connectivity index (χ0v) is 12.2. The summed E-state index contributed by atoms with van der Waals surface area (Å²) < 4.78 is 0. The number of likely N-dealkylation sites (tertiary alicyclic amines) is 1. The van der Waals surface area contributed by atoms with Gasteiger partial charge >= 0.3 is 0 Å². The average molecular weight is 270 g/mol. The first-order valence-electron chi connectivity index (χ1n) is 7.24. The Morgan fingerprint density at radius 1 is 1.35 bits per heavy atom. The van der Waals surface area contributed by atoms with Crippen molar-refractivity contribution < 1.29 is 0 Å². The first kappa shape index (κ1) is 13.2. The van der Waals surface area contributed by atoms with Crippen LogP contribution in [-0.4, -0.2) is 36.1 Å². The van der Waals surface area contributed by atoms with Gasteiger partial charge in [-0.15, -0.1) is 0 Å². The van der Waals surface area contributed by atoms with Crippen LogP contribution in [0.15, 0.2) is 24.3 Å². The first-order valence-corrected chi connectivity index (χ1v) is 7.24. The third-order valence-corrected chi connectivity index (χ3v) is 3.94. The van der Waals surface area contributed by atoms with E-state index in [0.717, 1.165) is 34.5 Å². The van der Waals surface area contributed by atoms with Crippen molar-refractivity contribution in [3.63, 3.8) is 0 Å². The quantitative estimate of drug-likeness (QED) is 0.824. The van der Waals surface area contributed by atoms with Crippen LogP contribution in [0.2, 0.25) is 0 Å². The molecule has 1 fully saturated rings. The number of nitrogens with two attached hydrogens (primary N) is 1. The molecule has 1 aromatic carbocycles. The molecule has 0 saturated carbocycles. The van der Waals surface area contributed by atoms with Crippen molar-refractivity contribution in [3.8, 4) is 0 Å². The van der Waals surface area contributed by atoms with Gasteiger partial charge in [0.1, 0.15) is 0 Å². The Bertz CT molecular complexity index is 623. The molecule has 3 rings (SSSR count). The molecule has 106 valence electrons. The number of aromatic nitrogens is 1. The van der Waals surface area contributed by atoms with E-state index in [1.165, 1.54) is 19.4 Å². The largest absolute Gasteiger partial charge is 0.399 e. The fraction of sp³-hybridized carbons (Fsp3) is 0.438. The number of fused-ring (bicyclic) bond motifs is 1. The predicted molar refractivity (Wildman–Crippen MR) is 85.0 cm³/mol. The van der Waals surface area contributed by atoms with Crippen LogP contribution >= 0.6 is 0 Å². The van der Waals surface area contributed by atoms with Gasteiger partial charge in [-0.05, 0) is 57.6 Å². The molecule has 4 heteroatoms. The van der Waals surface area contributed by atoms with Gasteiger partial charge in [0.25, 0.3) is 0 Å². The summed E-state index contributed by atoms with van der Waals surface area (Å²) in [7, 11) is 2.18. The fourth-order valence-corrected chi connectivity index (χ4v) is 3.00. The van der Waals surface area contributed by atoms with Crippen LogP contribution in [0.4, 0.5) is 11.4 Å². The van der Waals surface area contributed by atoms with Gasteiger partial charge in [-0.1, -0.05) is 0 Å². The van der Waals surface area contributed by atoms with Crippen LogP contribution in [0.3, 0.4) is 0 Å². The van der Waals surface area contributed by atoms with Crippen molar-refractivity contribution in [1.29, 1.82) is 0 Å². The van der Waals surface area contributed by atoms with Gasteiger partial charge < -0.3 is 16.0 Å². The molecule has 0 aliphatic carbocycles. The highest BCUT2D eigenvalue weighted by atomic mass is 15.1. The molecule has 0 amide bonds. The Labute approximate surface area is 120 Å². The lowest BCUT2D eigenvalue weighted by Gasteiger charge is -2.31. The molecule has 2 heterocycles. The van der Waals surface area contributed by atoms with Crippen LogP contribution < -0.4 is 11.1 Å². The molecule has 4 nitrogen and oxygen atoms in total. The van der Waals surface area contributed by atoms with Gasteiger partial charge in [-0.2, -0.15) is 0 Å². The third kappa shape index (κ3) is 2.70. The number of benzene rings is 1. The van der Waals surface area contributed by atoms with Crippen LogP contribution in [0.1, 0.15) is 18.5 Å². The molecule has 3 N–H and O–H groups in total. The van der Waals surface area contributed by atoms with Crippen molar-refractivity contribution in [2.75, 3.05) is 31.2 Å². The van der Waals surface area contributed by atoms with Gasteiger partial charge in [0.15, 0.2) is 0 Å². The number of nitrogens with one attached hydrogen (secondary N) is 1. The summed E-state index contributed by atoms with van der Waals surface area (Å²) in [5.41, 5.74) is 9.90. The number of pyridine rings is 1. The monoisotopic (exact) mass is 270 g/mol. The Morgan fingerprint density at radius 2 is 2.20 bits per heavy atom. The highest BCUT2D eigenvalue weighted by Gasteiger charge is 2.17. The number of likely N-dealkylation sites (N-methyl/N-ethyl adjacent to an activating group) is 1. The number of nitrogens with zero attached hydrogens (tertiary/aromatic N) is 2. The topological polar surface area (TPSA) is 54.2 Å². The maximum atomic E-state index is 5.92. The lowest BCUT2D eigenvalue weighted by molar-refractivity contribution is 0.261. The van der Waals surface area contributed by atoms with E-state index >= 15 is 0 Å². The summed E-state index contributed by atoms with van der Waals surface area (Å²) in [4.78, 5) is 6.96. The molecule has 1 saturated heterocycles. The number of hydrogen-bond acceptors (Lipinski definition) is 4. The van der Waals surface area contributed by atoms with Gasteiger partial charge in [-0.3, -0.25) is 4.98 Å². The van der Waals surface area contributed by atoms with E-state index in [4.69, 9.17) is 5.73 Å². The van der Waals surface area contributed by atoms with Crippen LogP contribution in [0.25, 0.3) is 10.9 Å². The maximum Gasteiger partial charge on any atom is 0.0727 e. The maximum absolute atomic E-state index is 5.92. The standard InChI is InChI=1S/C16H22N4/c1-11-8-16(19-13-4-3-7-20(2)10-13)14-9-12(17)5-6-15(14)18-11/h5-6,8-9,13H,3-4,7,10,17H2,1-2H3,(H,18,19). The molecule has 0 spiro atoms. The summed E-state index contributed by atoms with van der Waals surface area (Å²) in [5.74, 6) is 0. The molecule has 1 atom stereocenters. The van der Waals surface area contributed by atoms with Gasteiger partial charge in [0.05, 0.1) is 5.52 Å². The minimum atomic E-state index is 0.500. The van der Waals surface area contributed by atoms with Crippen LogP contribution in [0.5, 0.6) is 0 Å². The number of rotatable bonds is 2. The van der Waals surface area contributed by atoms with E-state index in [1.807, 2.05) is 25.1 Å². The van der Waals surface area contributed by atoms with Gasteiger partial charge in [-0.25, -0.2) is 0 Å². The Kier molecular flexibility index (Phi) is 3.49. The number of anilines is 2. The average Bonchev–Trinajstić information content (AvgIpc) is 2.39. The van der Waals surface area contributed by atoms with Crippen molar-refractivity contribution >= 4 is 22.3 Å². The molecule has 20 heavy (non-hydrogen) atoms. The summed E-state index contributed by atoms with van der Waals surface area (Å²) >= 11 is 0. The molecule has 1 aliphatic rings. The van der Waals surface area contributed by atoms with E-state index in [2.05, 4.69) is 28.3 Å². The summed E-state index contributed by atoms with van der Waals surface area (Å²) in [5, 5.41) is 4.80. The molecule has 1 aliphatic heterocycles. The lowest BCUT2D eigenvalue weighted by atomic mass is 10.0. The molecular weight excluding hydrogens is 248 g/mol. The van der Waals surface area contributed by atoms with E-state index < -0.39 is 0 Å². The zero-order chi connectivity index (χ0) is 14.1. The van der Waals surface area contributed by atoms with Gasteiger partial charge in [0, 0.05) is 35.0 Å². The molecule has 0 bridgehead atoms. The SMILES string of the molecule is Cc1cc(NC2CCCN(C)C2)c2cc(N)ccc2n1. The van der Waals surface area contributed by atoms with E-state index in [9.17, 15) is 0 Å². The Morgan fingerprint density at radius 3 is 3.00 bits per heavy atom. The van der Waals surface area contributed by atoms with Crippen LogP contribution in [-0.2, 0) is 0 Å². The molecule has 0 radical (unpaired) electrons. The normalized spacial score (nSPS) is 20.2. The van der Waals surface area contributed by atoms with Crippen molar-refractivity contribution in [3.05, 3.63) is 30.0 Å². The first-order chi connectivity index (χ1) is 9.61. The van der Waals surface area contributed by atoms with E-state index in [0.29, 0.717) is 6.04 Å². The highest BCUT2D eigenvalue weighted by Crippen LogP contribution is 2.27. The van der Waals surface area contributed by atoms with Crippen molar-refractivity contribution in [2.24, 2.45) is 0 Å². The van der Waals surface area contributed by atoms with E-state index in [1.54, 1.807) is 0 Å². The smallest absolute Gasteiger partial charge is 0.0727 e. The minimum Gasteiger partial charge on any atom is -0.399 e. The Hall–Kier alpha value is -1.81. The summed E-state index contributed by atoms with van der Waals surface area (Å²) in [6.45, 7) is 4.32. The second-order valence-corrected chi connectivity index (χ2v) is 5.83. The fourth-order valence-electron chi connectivity index (χ4n) is 3.00. The summed E-state index contributed by atoms with van der Waals surface area (Å²) in [6, 6.07) is 8.54. The molecule has 2 aromatic rings. The number of hydrogen-bond donors (Lipinski definition) is 2. The van der Waals surface area contributed by atoms with Crippen molar-refractivity contribution in [2.45, 2.75) is 25.8 Å².